The largest absolute Gasteiger partial charge is 0.456 e. The van der Waals surface area contributed by atoms with Crippen LogP contribution in [0.3, 0.4) is 0 Å². The van der Waals surface area contributed by atoms with Gasteiger partial charge in [0.25, 0.3) is 5.91 Å². The molecule has 3 aromatic carbocycles. The van der Waals surface area contributed by atoms with E-state index in [9.17, 15) is 14.4 Å². The molecule has 33 heavy (non-hydrogen) atoms. The monoisotopic (exact) mass is 442 g/mol. The maximum atomic E-state index is 13.1. The van der Waals surface area contributed by atoms with E-state index < -0.39 is 5.97 Å². The minimum Gasteiger partial charge on any atom is -0.456 e. The summed E-state index contributed by atoms with van der Waals surface area (Å²) in [6.07, 6.45) is 0.284. The Balaban J connectivity index is 1.47. The molecule has 0 radical (unpaired) electrons. The first-order chi connectivity index (χ1) is 16.0. The second kappa shape index (κ2) is 10.1. The van der Waals surface area contributed by atoms with Crippen LogP contribution in [-0.4, -0.2) is 30.4 Å². The highest BCUT2D eigenvalue weighted by Crippen LogP contribution is 2.32. The van der Waals surface area contributed by atoms with Gasteiger partial charge in [-0.05, 0) is 30.2 Å². The highest BCUT2D eigenvalue weighted by Gasteiger charge is 2.30. The van der Waals surface area contributed by atoms with Crippen molar-refractivity contribution in [2.45, 2.75) is 31.7 Å². The van der Waals surface area contributed by atoms with Crippen molar-refractivity contribution in [1.29, 1.82) is 0 Å². The first kappa shape index (κ1) is 22.3. The van der Waals surface area contributed by atoms with E-state index in [1.54, 1.807) is 24.3 Å². The molecule has 0 aliphatic carbocycles. The van der Waals surface area contributed by atoms with Gasteiger partial charge in [0.05, 0.1) is 17.8 Å². The van der Waals surface area contributed by atoms with Gasteiger partial charge in [-0.3, -0.25) is 14.4 Å². The fourth-order valence-corrected chi connectivity index (χ4v) is 4.20. The van der Waals surface area contributed by atoms with Crippen molar-refractivity contribution >= 4 is 29.2 Å². The number of nitrogens with one attached hydrogen (secondary N) is 1. The van der Waals surface area contributed by atoms with Crippen LogP contribution in [0, 0.1) is 0 Å². The number of carbonyl (C=O) groups excluding carboxylic acids is 3. The van der Waals surface area contributed by atoms with Crippen molar-refractivity contribution in [2.24, 2.45) is 0 Å². The summed E-state index contributed by atoms with van der Waals surface area (Å²) >= 11 is 0. The highest BCUT2D eigenvalue weighted by molar-refractivity contribution is 6.05. The van der Waals surface area contributed by atoms with Gasteiger partial charge in [-0.15, -0.1) is 0 Å². The van der Waals surface area contributed by atoms with Crippen LogP contribution in [0.4, 0.5) is 11.4 Å². The van der Waals surface area contributed by atoms with Crippen molar-refractivity contribution in [3.05, 3.63) is 96.1 Å². The summed E-state index contributed by atoms with van der Waals surface area (Å²) in [7, 11) is 0. The fourth-order valence-electron chi connectivity index (χ4n) is 4.20. The van der Waals surface area contributed by atoms with Gasteiger partial charge in [0, 0.05) is 18.4 Å². The Bertz CT molecular complexity index is 1090. The molecular formula is C27H26N2O4. The Hall–Kier alpha value is -3.93. The maximum absolute atomic E-state index is 13.1. The molecule has 0 aromatic heterocycles. The van der Waals surface area contributed by atoms with Crippen LogP contribution in [-0.2, 0) is 19.1 Å². The third-order valence-corrected chi connectivity index (χ3v) is 5.76. The van der Waals surface area contributed by atoms with E-state index in [0.29, 0.717) is 11.4 Å². The molecule has 3 aromatic rings. The number of amides is 2. The van der Waals surface area contributed by atoms with Crippen molar-refractivity contribution in [1.82, 2.24) is 0 Å². The quantitative estimate of drug-likeness (QED) is 0.570. The molecule has 0 saturated heterocycles. The standard InChI is InChI=1S/C27H26N2O4/c1-19-16-25(30)28-23-14-8-9-15-24(23)29(19)26(31)18-33-27(32)17-22(20-10-4-2-5-11-20)21-12-6-3-7-13-21/h2-15,19,22H,16-18H2,1H3,(H,28,30)/t19-/m0/s1. The lowest BCUT2D eigenvalue weighted by molar-refractivity contribution is -0.148. The zero-order valence-corrected chi connectivity index (χ0v) is 18.4. The molecule has 1 heterocycles. The normalized spacial score (nSPS) is 15.4. The fraction of sp³-hybridized carbons (Fsp3) is 0.222. The van der Waals surface area contributed by atoms with Gasteiger partial charge in [0.1, 0.15) is 0 Å². The predicted molar refractivity (Wildman–Crippen MR) is 127 cm³/mol. The number of hydrogen-bond donors (Lipinski definition) is 1. The molecule has 1 aliphatic heterocycles. The Morgan fingerprint density at radius 2 is 1.52 bits per heavy atom. The number of esters is 1. The van der Waals surface area contributed by atoms with Crippen LogP contribution in [0.15, 0.2) is 84.9 Å². The summed E-state index contributed by atoms with van der Waals surface area (Å²) < 4.78 is 5.43. The molecule has 168 valence electrons. The first-order valence-corrected chi connectivity index (χ1v) is 11.0. The molecule has 2 amide bonds. The topological polar surface area (TPSA) is 75.7 Å². The second-order valence-corrected chi connectivity index (χ2v) is 8.12. The van der Waals surface area contributed by atoms with E-state index in [1.807, 2.05) is 67.6 Å². The van der Waals surface area contributed by atoms with Crippen LogP contribution >= 0.6 is 0 Å². The Morgan fingerprint density at radius 1 is 0.939 bits per heavy atom. The lowest BCUT2D eigenvalue weighted by Crippen LogP contribution is -2.41. The molecule has 0 saturated carbocycles. The van der Waals surface area contributed by atoms with Crippen molar-refractivity contribution < 1.29 is 19.1 Å². The van der Waals surface area contributed by atoms with Crippen LogP contribution in [0.5, 0.6) is 0 Å². The molecule has 6 heteroatoms. The minimum atomic E-state index is -0.453. The Kier molecular flexibility index (Phi) is 6.83. The van der Waals surface area contributed by atoms with Gasteiger partial charge in [-0.2, -0.15) is 0 Å². The van der Waals surface area contributed by atoms with E-state index >= 15 is 0 Å². The van der Waals surface area contributed by atoms with Crippen LogP contribution < -0.4 is 10.2 Å². The molecule has 0 spiro atoms. The maximum Gasteiger partial charge on any atom is 0.307 e. The van der Waals surface area contributed by atoms with E-state index in [-0.39, 0.29) is 43.2 Å². The Labute approximate surface area is 193 Å². The van der Waals surface area contributed by atoms with E-state index in [1.165, 1.54) is 4.90 Å². The minimum absolute atomic E-state index is 0.119. The van der Waals surface area contributed by atoms with E-state index in [2.05, 4.69) is 5.32 Å². The van der Waals surface area contributed by atoms with Gasteiger partial charge in [-0.1, -0.05) is 72.8 Å². The number of fused-ring (bicyclic) bond motifs is 1. The van der Waals surface area contributed by atoms with Gasteiger partial charge in [0.15, 0.2) is 6.61 Å². The summed E-state index contributed by atoms with van der Waals surface area (Å²) in [6.45, 7) is 1.42. The van der Waals surface area contributed by atoms with Gasteiger partial charge in [-0.25, -0.2) is 0 Å². The van der Waals surface area contributed by atoms with Crippen molar-refractivity contribution in [2.75, 3.05) is 16.8 Å². The van der Waals surface area contributed by atoms with Crippen molar-refractivity contribution in [3.63, 3.8) is 0 Å². The van der Waals surface area contributed by atoms with E-state index in [0.717, 1.165) is 11.1 Å². The summed E-state index contributed by atoms with van der Waals surface area (Å²) in [4.78, 5) is 39.5. The third-order valence-electron chi connectivity index (χ3n) is 5.76. The first-order valence-electron chi connectivity index (χ1n) is 11.0. The average molecular weight is 443 g/mol. The smallest absolute Gasteiger partial charge is 0.307 e. The zero-order chi connectivity index (χ0) is 23.2. The summed E-state index contributed by atoms with van der Waals surface area (Å²) in [6, 6.07) is 26.3. The number of ether oxygens (including phenoxy) is 1. The highest BCUT2D eigenvalue weighted by atomic mass is 16.5. The number of anilines is 2. The molecule has 1 atom stereocenters. The number of nitrogens with zero attached hydrogens (tertiary/aromatic N) is 1. The van der Waals surface area contributed by atoms with Crippen molar-refractivity contribution in [3.8, 4) is 0 Å². The molecule has 0 fully saturated rings. The zero-order valence-electron chi connectivity index (χ0n) is 18.4. The van der Waals surface area contributed by atoms with Gasteiger partial charge >= 0.3 is 5.97 Å². The number of benzene rings is 3. The summed E-state index contributed by atoms with van der Waals surface area (Å²) in [5.74, 6) is -1.15. The number of para-hydroxylation sites is 2. The number of rotatable bonds is 6. The average Bonchev–Trinajstić information content (AvgIpc) is 2.96. The van der Waals surface area contributed by atoms with Gasteiger partial charge in [0.2, 0.25) is 5.91 Å². The summed E-state index contributed by atoms with van der Waals surface area (Å²) in [5, 5.41) is 2.82. The molecule has 6 nitrogen and oxygen atoms in total. The molecule has 0 bridgehead atoms. The third kappa shape index (κ3) is 5.29. The second-order valence-electron chi connectivity index (χ2n) is 8.12. The van der Waals surface area contributed by atoms with E-state index in [4.69, 9.17) is 4.74 Å². The van der Waals surface area contributed by atoms with Gasteiger partial charge < -0.3 is 15.0 Å². The Morgan fingerprint density at radius 3 is 2.15 bits per heavy atom. The molecule has 4 rings (SSSR count). The number of carbonyl (C=O) groups is 3. The predicted octanol–water partition coefficient (Wildman–Crippen LogP) is 4.52. The van der Waals surface area contributed by atoms with Crippen LogP contribution in [0.2, 0.25) is 0 Å². The lowest BCUT2D eigenvalue weighted by atomic mass is 9.89. The molecule has 1 aliphatic rings. The van der Waals surface area contributed by atoms with Crippen LogP contribution in [0.1, 0.15) is 36.8 Å². The summed E-state index contributed by atoms with van der Waals surface area (Å²) in [5.41, 5.74) is 3.18. The lowest BCUT2D eigenvalue weighted by Gasteiger charge is -2.27. The van der Waals surface area contributed by atoms with Crippen LogP contribution in [0.25, 0.3) is 0 Å². The molecule has 1 N–H and O–H groups in total. The SMILES string of the molecule is C[C@H]1CC(=O)Nc2ccccc2N1C(=O)COC(=O)CC(c1ccccc1)c1ccccc1. The molecule has 0 unspecified atom stereocenters. The number of hydrogen-bond acceptors (Lipinski definition) is 4. The molecular weight excluding hydrogens is 416 g/mol.